The van der Waals surface area contributed by atoms with Crippen molar-refractivity contribution in [3.05, 3.63) is 47.1 Å². The number of aromatic carboxylic acids is 1. The van der Waals surface area contributed by atoms with Crippen LogP contribution >= 0.6 is 11.6 Å². The summed E-state index contributed by atoms with van der Waals surface area (Å²) in [5, 5.41) is 12.1. The van der Waals surface area contributed by atoms with Crippen molar-refractivity contribution in [2.45, 2.75) is 6.92 Å². The maximum atomic E-state index is 11.0. The second kappa shape index (κ2) is 6.25. The third-order valence-corrected chi connectivity index (χ3v) is 2.65. The monoisotopic (exact) mass is 292 g/mol. The molecular weight excluding hydrogens is 280 g/mol. The van der Waals surface area contributed by atoms with Crippen LogP contribution in [0.15, 0.2) is 36.4 Å². The van der Waals surface area contributed by atoms with Gasteiger partial charge in [-0.2, -0.15) is 0 Å². The number of pyridine rings is 1. The highest BCUT2D eigenvalue weighted by atomic mass is 35.5. The lowest BCUT2D eigenvalue weighted by Gasteiger charge is -2.09. The number of ether oxygens (including phenoxy) is 1. The smallest absolute Gasteiger partial charge is 0.335 e. The zero-order valence-corrected chi connectivity index (χ0v) is 11.5. The lowest BCUT2D eigenvalue weighted by molar-refractivity contribution is 0.0697. The highest BCUT2D eigenvalue weighted by Crippen LogP contribution is 2.22. The second-order valence-electron chi connectivity index (χ2n) is 3.95. The van der Waals surface area contributed by atoms with E-state index < -0.39 is 5.97 Å². The molecular formula is C14H13ClN2O3. The van der Waals surface area contributed by atoms with Crippen molar-refractivity contribution in [3.8, 4) is 5.75 Å². The van der Waals surface area contributed by atoms with Crippen LogP contribution in [0.3, 0.4) is 0 Å². The molecule has 2 aromatic rings. The average molecular weight is 293 g/mol. The van der Waals surface area contributed by atoms with Gasteiger partial charge >= 0.3 is 5.97 Å². The van der Waals surface area contributed by atoms with Gasteiger partial charge in [0.25, 0.3) is 0 Å². The number of halogens is 1. The Labute approximate surface area is 121 Å². The van der Waals surface area contributed by atoms with E-state index in [1.807, 2.05) is 25.1 Å². The van der Waals surface area contributed by atoms with Crippen LogP contribution in [-0.2, 0) is 0 Å². The first-order valence-corrected chi connectivity index (χ1v) is 6.37. The molecule has 20 heavy (non-hydrogen) atoms. The van der Waals surface area contributed by atoms with E-state index in [0.29, 0.717) is 12.4 Å². The van der Waals surface area contributed by atoms with E-state index in [2.05, 4.69) is 10.3 Å². The third kappa shape index (κ3) is 3.61. The van der Waals surface area contributed by atoms with Gasteiger partial charge in [0.05, 0.1) is 12.2 Å². The number of aromatic nitrogens is 1. The molecule has 1 aromatic heterocycles. The van der Waals surface area contributed by atoms with Crippen molar-refractivity contribution in [1.82, 2.24) is 4.98 Å². The number of hydrogen-bond acceptors (Lipinski definition) is 4. The van der Waals surface area contributed by atoms with Crippen LogP contribution in [0.25, 0.3) is 0 Å². The third-order valence-electron chi connectivity index (χ3n) is 2.46. The largest absolute Gasteiger partial charge is 0.494 e. The predicted molar refractivity (Wildman–Crippen MR) is 77.1 cm³/mol. The second-order valence-corrected chi connectivity index (χ2v) is 4.34. The number of carbonyl (C=O) groups is 1. The maximum absolute atomic E-state index is 11.0. The molecule has 1 aromatic carbocycles. The van der Waals surface area contributed by atoms with Crippen LogP contribution in [0.4, 0.5) is 11.5 Å². The van der Waals surface area contributed by atoms with Gasteiger partial charge in [-0.25, -0.2) is 9.78 Å². The molecule has 0 bridgehead atoms. The molecule has 0 amide bonds. The Balaban J connectivity index is 2.25. The molecule has 2 rings (SSSR count). The van der Waals surface area contributed by atoms with E-state index in [4.69, 9.17) is 21.4 Å². The normalized spacial score (nSPS) is 10.1. The lowest BCUT2D eigenvalue weighted by atomic mass is 10.2. The molecule has 5 nitrogen and oxygen atoms in total. The summed E-state index contributed by atoms with van der Waals surface area (Å²) in [5.74, 6) is 0.0296. The summed E-state index contributed by atoms with van der Waals surface area (Å²) in [6.45, 7) is 2.47. The highest BCUT2D eigenvalue weighted by Gasteiger charge is 2.08. The summed E-state index contributed by atoms with van der Waals surface area (Å²) in [6.07, 6.45) is 0. The summed E-state index contributed by atoms with van der Waals surface area (Å²) < 4.78 is 5.39. The summed E-state index contributed by atoms with van der Waals surface area (Å²) in [5.41, 5.74) is 0.815. The molecule has 0 saturated heterocycles. The minimum Gasteiger partial charge on any atom is -0.494 e. The van der Waals surface area contributed by atoms with Gasteiger partial charge in [-0.05, 0) is 31.2 Å². The average Bonchev–Trinajstić information content (AvgIpc) is 2.38. The summed E-state index contributed by atoms with van der Waals surface area (Å²) >= 11 is 5.80. The van der Waals surface area contributed by atoms with E-state index in [-0.39, 0.29) is 10.7 Å². The number of anilines is 2. The molecule has 2 N–H and O–H groups in total. The molecule has 6 heteroatoms. The van der Waals surface area contributed by atoms with Gasteiger partial charge in [0, 0.05) is 11.8 Å². The van der Waals surface area contributed by atoms with Crippen molar-refractivity contribution in [3.63, 3.8) is 0 Å². The molecule has 104 valence electrons. The number of hydrogen-bond donors (Lipinski definition) is 2. The van der Waals surface area contributed by atoms with Crippen LogP contribution in [0, 0.1) is 0 Å². The fourth-order valence-electron chi connectivity index (χ4n) is 1.66. The van der Waals surface area contributed by atoms with Crippen molar-refractivity contribution in [1.29, 1.82) is 0 Å². The first-order chi connectivity index (χ1) is 9.58. The molecule has 0 fully saturated rings. The summed E-state index contributed by atoms with van der Waals surface area (Å²) in [7, 11) is 0. The number of carboxylic acids is 1. The number of benzene rings is 1. The van der Waals surface area contributed by atoms with Crippen LogP contribution < -0.4 is 10.1 Å². The maximum Gasteiger partial charge on any atom is 0.335 e. The van der Waals surface area contributed by atoms with E-state index >= 15 is 0 Å². The Morgan fingerprint density at radius 1 is 1.40 bits per heavy atom. The summed E-state index contributed by atoms with van der Waals surface area (Å²) in [6, 6.07) is 10.0. The first-order valence-electron chi connectivity index (χ1n) is 5.99. The minimum absolute atomic E-state index is 0.0773. The molecule has 1 heterocycles. The number of nitrogens with one attached hydrogen (secondary N) is 1. The zero-order valence-electron chi connectivity index (χ0n) is 10.8. The fourth-order valence-corrected chi connectivity index (χ4v) is 1.87. The lowest BCUT2D eigenvalue weighted by Crippen LogP contribution is -2.01. The van der Waals surface area contributed by atoms with Gasteiger partial charge < -0.3 is 15.2 Å². The van der Waals surface area contributed by atoms with Crippen LogP contribution in [0.2, 0.25) is 5.15 Å². The molecule has 0 saturated carbocycles. The number of rotatable bonds is 5. The molecule has 0 aliphatic heterocycles. The van der Waals surface area contributed by atoms with Gasteiger partial charge in [-0.3, -0.25) is 0 Å². The molecule has 0 spiro atoms. The Morgan fingerprint density at radius 3 is 2.90 bits per heavy atom. The van der Waals surface area contributed by atoms with Gasteiger partial charge in [-0.15, -0.1) is 0 Å². The minimum atomic E-state index is -1.06. The number of nitrogens with zero attached hydrogens (tertiary/aromatic N) is 1. The Kier molecular flexibility index (Phi) is 4.42. The molecule has 0 aliphatic carbocycles. The van der Waals surface area contributed by atoms with E-state index in [9.17, 15) is 4.79 Å². The van der Waals surface area contributed by atoms with E-state index in [0.717, 1.165) is 11.4 Å². The van der Waals surface area contributed by atoms with Crippen LogP contribution in [0.1, 0.15) is 17.3 Å². The highest BCUT2D eigenvalue weighted by molar-refractivity contribution is 6.29. The van der Waals surface area contributed by atoms with E-state index in [1.54, 1.807) is 6.07 Å². The Bertz CT molecular complexity index is 632. The van der Waals surface area contributed by atoms with Crippen molar-refractivity contribution >= 4 is 29.1 Å². The molecule has 0 aliphatic rings. The number of carboxylic acid groups (broad SMARTS) is 1. The standard InChI is InChI=1S/C14H13ClN2O3/c1-2-20-11-5-3-4-10(8-11)16-13-7-9(14(18)19)6-12(15)17-13/h3-8H,2H2,1H3,(H,16,17)(H,18,19). The quantitative estimate of drug-likeness (QED) is 0.824. The van der Waals surface area contributed by atoms with Crippen molar-refractivity contribution in [2.24, 2.45) is 0 Å². The van der Waals surface area contributed by atoms with Crippen molar-refractivity contribution in [2.75, 3.05) is 11.9 Å². The SMILES string of the molecule is CCOc1cccc(Nc2cc(C(=O)O)cc(Cl)n2)c1. The Morgan fingerprint density at radius 2 is 2.20 bits per heavy atom. The van der Waals surface area contributed by atoms with Gasteiger partial charge in [0.15, 0.2) is 0 Å². The summed E-state index contributed by atoms with van der Waals surface area (Å²) in [4.78, 5) is 15.0. The predicted octanol–water partition coefficient (Wildman–Crippen LogP) is 3.58. The fraction of sp³-hybridized carbons (Fsp3) is 0.143. The van der Waals surface area contributed by atoms with Crippen LogP contribution in [-0.4, -0.2) is 22.7 Å². The molecule has 0 atom stereocenters. The molecule has 0 radical (unpaired) electrons. The Hall–Kier alpha value is -2.27. The topological polar surface area (TPSA) is 71.5 Å². The zero-order chi connectivity index (χ0) is 14.5. The first kappa shape index (κ1) is 14.1. The van der Waals surface area contributed by atoms with Gasteiger partial charge in [0.1, 0.15) is 16.7 Å². The van der Waals surface area contributed by atoms with Gasteiger partial charge in [0.2, 0.25) is 0 Å². The van der Waals surface area contributed by atoms with Crippen LogP contribution in [0.5, 0.6) is 5.75 Å². The van der Waals surface area contributed by atoms with E-state index in [1.165, 1.54) is 12.1 Å². The van der Waals surface area contributed by atoms with Gasteiger partial charge in [-0.1, -0.05) is 17.7 Å². The van der Waals surface area contributed by atoms with Crippen molar-refractivity contribution < 1.29 is 14.6 Å². The molecule has 0 unspecified atom stereocenters.